The minimum atomic E-state index is -4.00. The molecule has 2 N–H and O–H groups in total. The fourth-order valence-electron chi connectivity index (χ4n) is 4.77. The number of carbonyl (C=O) groups is 1. The first-order valence-electron chi connectivity index (χ1n) is 13.3. The lowest BCUT2D eigenvalue weighted by Crippen LogP contribution is -2.50. The molecule has 0 saturated carbocycles. The number of anilines is 1. The first kappa shape index (κ1) is 30.2. The van der Waals surface area contributed by atoms with E-state index < -0.39 is 22.2 Å². The number of benzene rings is 3. The standard InChI is InChI=1S/C30H37N3O7S/c1-20-17-33(21(2)19-34)41(36,37)29-14-13-22(25-11-6-7-12-26(25)39-5)15-27(29)40-28(20)18-32(3)30(35)31-23-9-8-10-24(16-23)38-4/h6-16,20-21,28,34H,17-19H2,1-5H3,(H,31,35)/t20-,21-,28-/m1/s1. The topological polar surface area (TPSA) is 118 Å². The molecule has 1 heterocycles. The van der Waals surface area contributed by atoms with Gasteiger partial charge in [0.25, 0.3) is 0 Å². The van der Waals surface area contributed by atoms with Crippen LogP contribution in [0, 0.1) is 5.92 Å². The van der Waals surface area contributed by atoms with Gasteiger partial charge in [0.15, 0.2) is 0 Å². The summed E-state index contributed by atoms with van der Waals surface area (Å²) in [6.45, 7) is 3.48. The molecule has 2 amide bonds. The molecule has 0 radical (unpaired) electrons. The van der Waals surface area contributed by atoms with E-state index in [1.165, 1.54) is 15.3 Å². The van der Waals surface area contributed by atoms with Crippen molar-refractivity contribution in [3.8, 4) is 28.4 Å². The molecule has 11 heteroatoms. The zero-order valence-electron chi connectivity index (χ0n) is 23.9. The zero-order chi connectivity index (χ0) is 29.7. The molecular weight excluding hydrogens is 546 g/mol. The smallest absolute Gasteiger partial charge is 0.321 e. The Morgan fingerprint density at radius 3 is 2.59 bits per heavy atom. The van der Waals surface area contributed by atoms with Crippen LogP contribution < -0.4 is 19.5 Å². The molecule has 0 bridgehead atoms. The minimum absolute atomic E-state index is 0.00293. The van der Waals surface area contributed by atoms with Crippen molar-refractivity contribution in [3.05, 3.63) is 66.7 Å². The Balaban J connectivity index is 1.70. The second-order valence-electron chi connectivity index (χ2n) is 10.1. The van der Waals surface area contributed by atoms with E-state index in [2.05, 4.69) is 5.32 Å². The van der Waals surface area contributed by atoms with Crippen molar-refractivity contribution < 1.29 is 32.5 Å². The van der Waals surface area contributed by atoms with Crippen LogP contribution in [0.15, 0.2) is 71.6 Å². The van der Waals surface area contributed by atoms with Crippen molar-refractivity contribution in [2.24, 2.45) is 5.92 Å². The minimum Gasteiger partial charge on any atom is -0.497 e. The van der Waals surface area contributed by atoms with Crippen LogP contribution in [0.25, 0.3) is 11.1 Å². The van der Waals surface area contributed by atoms with Crippen LogP contribution in [0.1, 0.15) is 13.8 Å². The summed E-state index contributed by atoms with van der Waals surface area (Å²) in [5.41, 5.74) is 2.07. The number of rotatable bonds is 8. The van der Waals surface area contributed by atoms with Gasteiger partial charge in [-0.3, -0.25) is 0 Å². The molecular formula is C30H37N3O7S. The lowest BCUT2D eigenvalue weighted by molar-refractivity contribution is 0.0830. The van der Waals surface area contributed by atoms with Gasteiger partial charge in [-0.25, -0.2) is 13.2 Å². The van der Waals surface area contributed by atoms with E-state index in [9.17, 15) is 18.3 Å². The molecule has 1 aliphatic rings. The molecule has 0 unspecified atom stereocenters. The lowest BCUT2D eigenvalue weighted by atomic mass is 10.0. The van der Waals surface area contributed by atoms with Gasteiger partial charge in [0.2, 0.25) is 10.0 Å². The van der Waals surface area contributed by atoms with Gasteiger partial charge >= 0.3 is 6.03 Å². The van der Waals surface area contributed by atoms with Crippen LogP contribution in [0.5, 0.6) is 17.2 Å². The third kappa shape index (κ3) is 6.58. The number of aliphatic hydroxyl groups is 1. The zero-order valence-corrected chi connectivity index (χ0v) is 24.7. The summed E-state index contributed by atoms with van der Waals surface area (Å²) in [5, 5.41) is 12.8. The highest BCUT2D eigenvalue weighted by Crippen LogP contribution is 2.38. The maximum Gasteiger partial charge on any atom is 0.321 e. The molecule has 0 fully saturated rings. The van der Waals surface area contributed by atoms with Crippen LogP contribution in [-0.2, 0) is 10.0 Å². The van der Waals surface area contributed by atoms with E-state index in [1.54, 1.807) is 64.6 Å². The number of fused-ring (bicyclic) bond motifs is 1. The van der Waals surface area contributed by atoms with Gasteiger partial charge in [0.1, 0.15) is 28.2 Å². The number of hydrogen-bond acceptors (Lipinski definition) is 7. The van der Waals surface area contributed by atoms with E-state index in [4.69, 9.17) is 14.2 Å². The maximum absolute atomic E-state index is 13.8. The third-order valence-corrected chi connectivity index (χ3v) is 9.23. The molecule has 3 atom stereocenters. The number of nitrogens with zero attached hydrogens (tertiary/aromatic N) is 2. The van der Waals surface area contributed by atoms with Gasteiger partial charge in [0.05, 0.1) is 27.4 Å². The van der Waals surface area contributed by atoms with Crippen LogP contribution in [0.2, 0.25) is 0 Å². The van der Waals surface area contributed by atoms with Gasteiger partial charge in [-0.05, 0) is 42.8 Å². The van der Waals surface area contributed by atoms with Gasteiger partial charge in [-0.1, -0.05) is 37.3 Å². The Labute approximate surface area is 241 Å². The number of ether oxygens (including phenoxy) is 3. The predicted octanol–water partition coefficient (Wildman–Crippen LogP) is 4.30. The van der Waals surface area contributed by atoms with E-state index in [1.807, 2.05) is 31.2 Å². The largest absolute Gasteiger partial charge is 0.497 e. The van der Waals surface area contributed by atoms with Crippen molar-refractivity contribution in [1.29, 1.82) is 0 Å². The number of nitrogens with one attached hydrogen (secondary N) is 1. The van der Waals surface area contributed by atoms with E-state index in [0.717, 1.165) is 5.56 Å². The number of sulfonamides is 1. The fourth-order valence-corrected chi connectivity index (χ4v) is 6.59. The van der Waals surface area contributed by atoms with Crippen LogP contribution >= 0.6 is 0 Å². The van der Waals surface area contributed by atoms with Crippen molar-refractivity contribution >= 4 is 21.7 Å². The molecule has 3 aromatic rings. The van der Waals surface area contributed by atoms with Crippen LogP contribution in [0.4, 0.5) is 10.5 Å². The highest BCUT2D eigenvalue weighted by molar-refractivity contribution is 7.89. The molecule has 0 aromatic heterocycles. The van der Waals surface area contributed by atoms with Crippen LogP contribution in [-0.4, -0.2) is 81.9 Å². The number of para-hydroxylation sites is 1. The lowest BCUT2D eigenvalue weighted by Gasteiger charge is -2.37. The van der Waals surface area contributed by atoms with Gasteiger partial charge in [0, 0.05) is 42.9 Å². The first-order valence-corrected chi connectivity index (χ1v) is 14.8. The van der Waals surface area contributed by atoms with E-state index in [-0.39, 0.29) is 42.3 Å². The number of amides is 2. The number of hydrogen-bond donors (Lipinski definition) is 2. The van der Waals surface area contributed by atoms with E-state index in [0.29, 0.717) is 22.7 Å². The Kier molecular flexibility index (Phi) is 9.42. The summed E-state index contributed by atoms with van der Waals surface area (Å²) in [4.78, 5) is 14.6. The number of methoxy groups -OCH3 is 2. The van der Waals surface area contributed by atoms with Crippen molar-refractivity contribution in [1.82, 2.24) is 9.21 Å². The van der Waals surface area contributed by atoms with Crippen LogP contribution in [0.3, 0.4) is 0 Å². The van der Waals surface area contributed by atoms with Crippen molar-refractivity contribution in [2.75, 3.05) is 46.3 Å². The summed E-state index contributed by atoms with van der Waals surface area (Å²) in [7, 11) is 0.779. The molecule has 220 valence electrons. The molecule has 0 aliphatic carbocycles. The molecule has 4 rings (SSSR count). The number of likely N-dealkylation sites (N-methyl/N-ethyl adjacent to an activating group) is 1. The Hall–Kier alpha value is -3.80. The average molecular weight is 584 g/mol. The second-order valence-corrected chi connectivity index (χ2v) is 12.0. The fraction of sp³-hybridized carbons (Fsp3) is 0.367. The predicted molar refractivity (Wildman–Crippen MR) is 157 cm³/mol. The molecule has 41 heavy (non-hydrogen) atoms. The summed E-state index contributed by atoms with van der Waals surface area (Å²) in [6, 6.07) is 18.4. The maximum atomic E-state index is 13.8. The van der Waals surface area contributed by atoms with Crippen molar-refractivity contribution in [2.45, 2.75) is 30.9 Å². The number of carbonyl (C=O) groups excluding carboxylic acids is 1. The molecule has 1 aliphatic heterocycles. The molecule has 0 spiro atoms. The quantitative estimate of drug-likeness (QED) is 0.406. The average Bonchev–Trinajstić information content (AvgIpc) is 2.98. The molecule has 3 aromatic carbocycles. The summed E-state index contributed by atoms with van der Waals surface area (Å²) < 4.78 is 46.1. The third-order valence-electron chi connectivity index (χ3n) is 7.21. The Morgan fingerprint density at radius 1 is 1.12 bits per heavy atom. The van der Waals surface area contributed by atoms with Gasteiger partial charge < -0.3 is 29.5 Å². The normalized spacial score (nSPS) is 19.1. The Bertz CT molecular complexity index is 1480. The highest BCUT2D eigenvalue weighted by Gasteiger charge is 2.38. The summed E-state index contributed by atoms with van der Waals surface area (Å²) >= 11 is 0. The van der Waals surface area contributed by atoms with Crippen molar-refractivity contribution in [3.63, 3.8) is 0 Å². The summed E-state index contributed by atoms with van der Waals surface area (Å²) in [6.07, 6.45) is -0.563. The Morgan fingerprint density at radius 2 is 1.88 bits per heavy atom. The van der Waals surface area contributed by atoms with Gasteiger partial charge in [-0.15, -0.1) is 0 Å². The second kappa shape index (κ2) is 12.8. The number of urea groups is 1. The number of aliphatic hydroxyl groups excluding tert-OH is 1. The monoisotopic (exact) mass is 583 g/mol. The first-order chi connectivity index (χ1) is 19.6. The summed E-state index contributed by atoms with van der Waals surface area (Å²) in [5.74, 6) is 1.09. The highest BCUT2D eigenvalue weighted by atomic mass is 32.2. The van der Waals surface area contributed by atoms with Gasteiger partial charge in [-0.2, -0.15) is 4.31 Å². The molecule has 0 saturated heterocycles. The molecule has 10 nitrogen and oxygen atoms in total. The SMILES string of the molecule is COc1cccc(NC(=O)N(C)C[C@H]2Oc3cc(-c4ccccc4OC)ccc3S(=O)(=O)N([C@H](C)CO)C[C@H]2C)c1. The van der Waals surface area contributed by atoms with E-state index >= 15 is 0 Å².